The highest BCUT2D eigenvalue weighted by Crippen LogP contribution is 2.45. The predicted molar refractivity (Wildman–Crippen MR) is 172 cm³/mol. The van der Waals surface area contributed by atoms with Crippen LogP contribution in [0.5, 0.6) is 5.75 Å². The number of hydrogen-bond acceptors (Lipinski definition) is 1. The first kappa shape index (κ1) is 32.7. The summed E-state index contributed by atoms with van der Waals surface area (Å²) in [6, 6.07) is 3.85. The number of unbranched alkanes of at least 4 members (excludes halogenated alkanes) is 2. The molecule has 43 heavy (non-hydrogen) atoms. The minimum Gasteiger partial charge on any atom is -0.432 e. The van der Waals surface area contributed by atoms with E-state index in [1.807, 2.05) is 0 Å². The second-order valence-electron chi connectivity index (χ2n) is 14.8. The molecule has 1 unspecified atom stereocenters. The molecule has 3 fully saturated rings. The van der Waals surface area contributed by atoms with Gasteiger partial charge in [-0.3, -0.25) is 0 Å². The lowest BCUT2D eigenvalue weighted by Crippen LogP contribution is -2.37. The maximum absolute atomic E-state index is 14.9. The third-order valence-electron chi connectivity index (χ3n) is 12.0. The van der Waals surface area contributed by atoms with Gasteiger partial charge in [-0.25, -0.2) is 4.39 Å². The van der Waals surface area contributed by atoms with Gasteiger partial charge in [-0.1, -0.05) is 69.2 Å². The molecule has 1 aromatic carbocycles. The quantitative estimate of drug-likeness (QED) is 0.217. The van der Waals surface area contributed by atoms with Crippen molar-refractivity contribution in [1.82, 2.24) is 0 Å². The summed E-state index contributed by atoms with van der Waals surface area (Å²) in [6.45, 7) is 3.88. The first-order chi connectivity index (χ1) is 20.8. The summed E-state index contributed by atoms with van der Waals surface area (Å²) < 4.78 is 48.3. The molecule has 4 aliphatic rings. The average molecular weight is 599 g/mol. The molecule has 0 bridgehead atoms. The van der Waals surface area contributed by atoms with Crippen molar-refractivity contribution >= 4 is 0 Å². The van der Waals surface area contributed by atoms with Gasteiger partial charge in [-0.05, 0) is 150 Å². The molecule has 0 amide bonds. The van der Waals surface area contributed by atoms with Gasteiger partial charge >= 0.3 is 6.11 Å². The first-order valence-electron chi connectivity index (χ1n) is 18.0. The molecule has 0 N–H and O–H groups in total. The van der Waals surface area contributed by atoms with E-state index < -0.39 is 17.8 Å². The van der Waals surface area contributed by atoms with Crippen LogP contribution in [0.25, 0.3) is 0 Å². The van der Waals surface area contributed by atoms with Gasteiger partial charge in [0.2, 0.25) is 0 Å². The van der Waals surface area contributed by atoms with Gasteiger partial charge in [0.15, 0.2) is 0 Å². The zero-order valence-corrected chi connectivity index (χ0v) is 27.0. The molecule has 1 nitrogen and oxygen atoms in total. The van der Waals surface area contributed by atoms with Crippen molar-refractivity contribution < 1.29 is 17.9 Å². The molecular weight excluding hydrogens is 541 g/mol. The molecule has 5 rings (SSSR count). The highest BCUT2D eigenvalue weighted by molar-refractivity contribution is 5.29. The van der Waals surface area contributed by atoms with Crippen LogP contribution in [0.2, 0.25) is 0 Å². The number of alkyl halides is 2. The van der Waals surface area contributed by atoms with Crippen LogP contribution in [0, 0.1) is 54.2 Å². The van der Waals surface area contributed by atoms with Gasteiger partial charge in [-0.2, -0.15) is 8.78 Å². The molecule has 0 aliphatic heterocycles. The first-order valence-corrected chi connectivity index (χ1v) is 18.0. The summed E-state index contributed by atoms with van der Waals surface area (Å²) in [5.41, 5.74) is 1.77. The highest BCUT2D eigenvalue weighted by Gasteiger charge is 2.44. The van der Waals surface area contributed by atoms with Crippen LogP contribution in [-0.2, 0) is 0 Å². The van der Waals surface area contributed by atoms with Gasteiger partial charge in [0, 0.05) is 0 Å². The lowest BCUT2D eigenvalue weighted by molar-refractivity contribution is -0.223. The fourth-order valence-corrected chi connectivity index (χ4v) is 8.97. The van der Waals surface area contributed by atoms with E-state index in [1.165, 1.54) is 107 Å². The van der Waals surface area contributed by atoms with Gasteiger partial charge in [-0.15, -0.1) is 0 Å². The van der Waals surface area contributed by atoms with E-state index in [1.54, 1.807) is 6.92 Å². The van der Waals surface area contributed by atoms with Crippen LogP contribution in [0.1, 0.15) is 134 Å². The molecule has 4 heteroatoms. The Morgan fingerprint density at radius 1 is 0.791 bits per heavy atom. The molecular formula is C39H57F3O. The summed E-state index contributed by atoms with van der Waals surface area (Å²) >= 11 is 0. The molecule has 0 saturated heterocycles. The standard InChI is InChI=1S/C39H57F3O/c1-3-4-5-6-29-9-15-32(16-10-29)34-19-21-35(22-20-34)33-17-11-30(12-18-33)7-8-31-13-23-36(24-14-31)39(41,42)43-37-25-26-38(40)28(2)27-37/h11-12,17,25-27,29,31-36H,3-10,13-16,18-24H2,1-2H3. The topological polar surface area (TPSA) is 9.23 Å². The Hall–Kier alpha value is -1.71. The Morgan fingerprint density at radius 2 is 1.42 bits per heavy atom. The Bertz CT molecular complexity index is 1050. The Morgan fingerprint density at radius 3 is 2.05 bits per heavy atom. The van der Waals surface area contributed by atoms with Crippen molar-refractivity contribution in [3.8, 4) is 5.75 Å². The van der Waals surface area contributed by atoms with E-state index >= 15 is 0 Å². The lowest BCUT2D eigenvalue weighted by Gasteiger charge is -2.39. The summed E-state index contributed by atoms with van der Waals surface area (Å²) in [4.78, 5) is 0. The largest absolute Gasteiger partial charge is 0.432 e. The average Bonchev–Trinajstić information content (AvgIpc) is 3.03. The smallest absolute Gasteiger partial charge is 0.400 e. The van der Waals surface area contributed by atoms with Crippen molar-refractivity contribution in [2.24, 2.45) is 41.4 Å². The molecule has 1 aromatic rings. The number of hydrogen-bond donors (Lipinski definition) is 0. The molecule has 0 heterocycles. The van der Waals surface area contributed by atoms with Crippen molar-refractivity contribution in [2.75, 3.05) is 0 Å². The van der Waals surface area contributed by atoms with Crippen LogP contribution in [0.4, 0.5) is 13.2 Å². The van der Waals surface area contributed by atoms with Gasteiger partial charge in [0.1, 0.15) is 11.6 Å². The molecule has 0 radical (unpaired) electrons. The van der Waals surface area contributed by atoms with Crippen LogP contribution < -0.4 is 4.74 Å². The summed E-state index contributed by atoms with van der Waals surface area (Å²) in [6.07, 6.45) is 27.5. The number of allylic oxidation sites excluding steroid dienone is 4. The Labute approximate surface area is 260 Å². The SMILES string of the molecule is CCCCCC1CCC(C2CCC(C3C=CC(CCC4CCC(C(F)(F)Oc5ccc(F)c(C)c5)CC4)=CC3)CC2)CC1. The normalized spacial score (nSPS) is 31.9. The predicted octanol–water partition coefficient (Wildman–Crippen LogP) is 12.4. The monoisotopic (exact) mass is 598 g/mol. The highest BCUT2D eigenvalue weighted by atomic mass is 19.3. The molecule has 4 aliphatic carbocycles. The van der Waals surface area contributed by atoms with E-state index in [-0.39, 0.29) is 5.75 Å². The van der Waals surface area contributed by atoms with E-state index in [0.717, 1.165) is 49.4 Å². The molecule has 1 atom stereocenters. The molecule has 0 aromatic heterocycles. The van der Waals surface area contributed by atoms with Gasteiger partial charge in [0.05, 0.1) is 5.92 Å². The van der Waals surface area contributed by atoms with E-state index in [9.17, 15) is 13.2 Å². The lowest BCUT2D eigenvalue weighted by atomic mass is 9.66. The molecule has 240 valence electrons. The Kier molecular flexibility index (Phi) is 11.8. The van der Waals surface area contributed by atoms with Crippen molar-refractivity contribution in [3.05, 3.63) is 53.4 Å². The second-order valence-corrected chi connectivity index (χ2v) is 14.8. The maximum Gasteiger partial charge on any atom is 0.400 e. The van der Waals surface area contributed by atoms with Crippen LogP contribution in [0.3, 0.4) is 0 Å². The maximum atomic E-state index is 14.9. The van der Waals surface area contributed by atoms with Crippen LogP contribution >= 0.6 is 0 Å². The molecule has 0 spiro atoms. The summed E-state index contributed by atoms with van der Waals surface area (Å²) in [5, 5.41) is 0. The van der Waals surface area contributed by atoms with E-state index in [2.05, 4.69) is 25.2 Å². The minimum absolute atomic E-state index is 0.0452. The number of benzene rings is 1. The van der Waals surface area contributed by atoms with Gasteiger partial charge in [0.25, 0.3) is 0 Å². The van der Waals surface area contributed by atoms with Gasteiger partial charge < -0.3 is 4.74 Å². The zero-order valence-electron chi connectivity index (χ0n) is 27.0. The van der Waals surface area contributed by atoms with Crippen molar-refractivity contribution in [2.45, 2.75) is 142 Å². The minimum atomic E-state index is -3.22. The number of halogens is 3. The van der Waals surface area contributed by atoms with Crippen molar-refractivity contribution in [3.63, 3.8) is 0 Å². The van der Waals surface area contributed by atoms with Crippen molar-refractivity contribution in [1.29, 1.82) is 0 Å². The summed E-state index contributed by atoms with van der Waals surface area (Å²) in [7, 11) is 0. The molecule has 3 saturated carbocycles. The second kappa shape index (κ2) is 15.5. The van der Waals surface area contributed by atoms with Crippen LogP contribution in [0.15, 0.2) is 42.0 Å². The Balaban J connectivity index is 0.967. The summed E-state index contributed by atoms with van der Waals surface area (Å²) in [5.74, 6) is 3.95. The number of aryl methyl sites for hydroxylation is 1. The third-order valence-corrected chi connectivity index (χ3v) is 12.0. The zero-order chi connectivity index (χ0) is 30.2. The number of rotatable bonds is 12. The van der Waals surface area contributed by atoms with Crippen LogP contribution in [-0.4, -0.2) is 6.11 Å². The number of ether oxygens (including phenoxy) is 1. The van der Waals surface area contributed by atoms with E-state index in [0.29, 0.717) is 30.2 Å². The fourth-order valence-electron chi connectivity index (χ4n) is 8.97. The third kappa shape index (κ3) is 9.16. The fraction of sp³-hybridized carbons (Fsp3) is 0.744. The van der Waals surface area contributed by atoms with E-state index in [4.69, 9.17) is 4.74 Å².